The Morgan fingerprint density at radius 1 is 1.25 bits per heavy atom. The van der Waals surface area contributed by atoms with Crippen LogP contribution < -0.4 is 10.6 Å². The van der Waals surface area contributed by atoms with E-state index in [0.717, 1.165) is 19.5 Å². The highest BCUT2D eigenvalue weighted by atomic mass is 19.1. The second kappa shape index (κ2) is 7.93. The van der Waals surface area contributed by atoms with Crippen molar-refractivity contribution in [2.75, 3.05) is 19.6 Å². The summed E-state index contributed by atoms with van der Waals surface area (Å²) in [7, 11) is 0. The molecule has 4 nitrogen and oxygen atoms in total. The predicted octanol–water partition coefficient (Wildman–Crippen LogP) is 3.05. The average molecular weight is 328 g/mol. The number of aryl methyl sites for hydroxylation is 1. The number of amides is 1. The van der Waals surface area contributed by atoms with Gasteiger partial charge in [-0.2, -0.15) is 0 Å². The van der Waals surface area contributed by atoms with Gasteiger partial charge in [-0.25, -0.2) is 4.39 Å². The molecule has 3 rings (SSSR count). The number of rotatable bonds is 6. The van der Waals surface area contributed by atoms with Gasteiger partial charge in [0.15, 0.2) is 0 Å². The molecule has 1 aliphatic heterocycles. The lowest BCUT2D eigenvalue weighted by atomic mass is 10.1. The van der Waals surface area contributed by atoms with Gasteiger partial charge in [-0.05, 0) is 37.2 Å². The van der Waals surface area contributed by atoms with Crippen LogP contribution in [0.15, 0.2) is 52.5 Å². The lowest BCUT2D eigenvalue weighted by molar-refractivity contribution is -0.120. The first-order valence-electron chi connectivity index (χ1n) is 8.21. The third kappa shape index (κ3) is 4.32. The van der Waals surface area contributed by atoms with Gasteiger partial charge >= 0.3 is 0 Å². The summed E-state index contributed by atoms with van der Waals surface area (Å²) in [5, 5.41) is 6.17. The van der Waals surface area contributed by atoms with Gasteiger partial charge in [-0.15, -0.1) is 0 Å². The summed E-state index contributed by atoms with van der Waals surface area (Å²) in [6.45, 7) is 2.45. The van der Waals surface area contributed by atoms with E-state index < -0.39 is 0 Å². The highest BCUT2D eigenvalue weighted by Crippen LogP contribution is 2.25. The fraction of sp³-hybridized carbons (Fsp3) is 0.316. The van der Waals surface area contributed by atoms with Gasteiger partial charge in [0, 0.05) is 25.9 Å². The number of hydrogen-bond acceptors (Lipinski definition) is 3. The van der Waals surface area contributed by atoms with Gasteiger partial charge < -0.3 is 15.1 Å². The van der Waals surface area contributed by atoms with Crippen LogP contribution in [0.2, 0.25) is 0 Å². The molecular formula is C19H21FN2O2. The smallest absolute Gasteiger partial charge is 0.220 e. The third-order valence-electron chi connectivity index (χ3n) is 4.07. The zero-order valence-electron chi connectivity index (χ0n) is 13.5. The van der Waals surface area contributed by atoms with Crippen molar-refractivity contribution in [2.24, 2.45) is 0 Å². The van der Waals surface area contributed by atoms with E-state index in [1.165, 1.54) is 11.6 Å². The van der Waals surface area contributed by atoms with Crippen LogP contribution in [0.25, 0.3) is 11.3 Å². The molecule has 1 aromatic heterocycles. The van der Waals surface area contributed by atoms with Gasteiger partial charge in [0.2, 0.25) is 5.91 Å². The molecule has 24 heavy (non-hydrogen) atoms. The second-order valence-electron chi connectivity index (χ2n) is 5.84. The number of nitrogens with one attached hydrogen (secondary N) is 2. The Morgan fingerprint density at radius 3 is 2.92 bits per heavy atom. The largest absolute Gasteiger partial charge is 0.461 e. The molecule has 0 fully saturated rings. The molecule has 2 heterocycles. The lowest BCUT2D eigenvalue weighted by Gasteiger charge is -2.14. The molecule has 2 N–H and O–H groups in total. The first-order valence-corrected chi connectivity index (χ1v) is 8.21. The minimum absolute atomic E-state index is 0.00160. The fourth-order valence-corrected chi connectivity index (χ4v) is 2.69. The van der Waals surface area contributed by atoms with Crippen molar-refractivity contribution >= 4 is 5.91 Å². The molecular weight excluding hydrogens is 307 g/mol. The molecule has 0 saturated carbocycles. The van der Waals surface area contributed by atoms with Crippen LogP contribution in [0.4, 0.5) is 4.39 Å². The van der Waals surface area contributed by atoms with E-state index in [4.69, 9.17) is 4.42 Å². The van der Waals surface area contributed by atoms with Crippen molar-refractivity contribution < 1.29 is 13.6 Å². The maximum absolute atomic E-state index is 13.7. The van der Waals surface area contributed by atoms with Crippen molar-refractivity contribution in [2.45, 2.75) is 19.3 Å². The minimum atomic E-state index is -0.314. The average Bonchev–Trinajstić information content (AvgIpc) is 3.08. The molecule has 126 valence electrons. The van der Waals surface area contributed by atoms with E-state index in [-0.39, 0.29) is 11.7 Å². The monoisotopic (exact) mass is 328 g/mol. The molecule has 1 aliphatic rings. The number of hydrogen-bond donors (Lipinski definition) is 2. The topological polar surface area (TPSA) is 54.3 Å². The van der Waals surface area contributed by atoms with Gasteiger partial charge in [-0.3, -0.25) is 4.79 Å². The zero-order chi connectivity index (χ0) is 16.8. The summed E-state index contributed by atoms with van der Waals surface area (Å²) in [5.41, 5.74) is 1.70. The van der Waals surface area contributed by atoms with Crippen molar-refractivity contribution in [1.82, 2.24) is 10.6 Å². The molecule has 0 aliphatic carbocycles. The molecule has 0 saturated heterocycles. The Morgan fingerprint density at radius 2 is 2.12 bits per heavy atom. The van der Waals surface area contributed by atoms with Crippen LogP contribution in [0.3, 0.4) is 0 Å². The number of furan rings is 1. The Balaban J connectivity index is 1.49. The zero-order valence-corrected chi connectivity index (χ0v) is 13.5. The van der Waals surface area contributed by atoms with Crippen LogP contribution in [0.1, 0.15) is 18.6 Å². The Kier molecular flexibility index (Phi) is 5.43. The van der Waals surface area contributed by atoms with E-state index in [1.54, 1.807) is 30.3 Å². The maximum atomic E-state index is 13.7. The lowest BCUT2D eigenvalue weighted by Crippen LogP contribution is -2.29. The molecule has 1 amide bonds. The van der Waals surface area contributed by atoms with Crippen LogP contribution in [0.5, 0.6) is 0 Å². The molecule has 0 atom stereocenters. The molecule has 0 radical (unpaired) electrons. The van der Waals surface area contributed by atoms with E-state index >= 15 is 0 Å². The highest BCUT2D eigenvalue weighted by molar-refractivity contribution is 5.76. The summed E-state index contributed by atoms with van der Waals surface area (Å²) in [5.74, 6) is 0.859. The second-order valence-corrected chi connectivity index (χ2v) is 5.84. The van der Waals surface area contributed by atoms with Gasteiger partial charge in [0.25, 0.3) is 0 Å². The normalized spacial score (nSPS) is 14.3. The number of carbonyl (C=O) groups is 1. The fourth-order valence-electron chi connectivity index (χ4n) is 2.69. The van der Waals surface area contributed by atoms with Gasteiger partial charge in [0.1, 0.15) is 17.3 Å². The third-order valence-corrected chi connectivity index (χ3v) is 4.07. The van der Waals surface area contributed by atoms with E-state index in [0.29, 0.717) is 36.5 Å². The number of benzene rings is 1. The molecule has 1 aromatic carbocycles. The number of halogens is 1. The molecule has 2 aromatic rings. The Labute approximate surface area is 140 Å². The predicted molar refractivity (Wildman–Crippen MR) is 91.0 cm³/mol. The maximum Gasteiger partial charge on any atom is 0.220 e. The van der Waals surface area contributed by atoms with Crippen molar-refractivity contribution in [3.63, 3.8) is 0 Å². The quantitative estimate of drug-likeness (QED) is 0.802. The van der Waals surface area contributed by atoms with E-state index in [9.17, 15) is 9.18 Å². The molecule has 0 spiro atoms. The van der Waals surface area contributed by atoms with Crippen molar-refractivity contribution in [3.05, 3.63) is 59.6 Å². The van der Waals surface area contributed by atoms with Crippen molar-refractivity contribution in [3.8, 4) is 11.3 Å². The summed E-state index contributed by atoms with van der Waals surface area (Å²) < 4.78 is 19.4. The van der Waals surface area contributed by atoms with Crippen LogP contribution in [-0.4, -0.2) is 25.5 Å². The summed E-state index contributed by atoms with van der Waals surface area (Å²) in [4.78, 5) is 11.9. The van der Waals surface area contributed by atoms with Crippen LogP contribution in [0, 0.1) is 5.82 Å². The van der Waals surface area contributed by atoms with Crippen LogP contribution in [-0.2, 0) is 11.2 Å². The van der Waals surface area contributed by atoms with E-state index in [1.807, 2.05) is 0 Å². The van der Waals surface area contributed by atoms with Gasteiger partial charge in [0.05, 0.1) is 5.56 Å². The van der Waals surface area contributed by atoms with E-state index in [2.05, 4.69) is 16.7 Å². The first-order chi connectivity index (χ1) is 11.7. The minimum Gasteiger partial charge on any atom is -0.461 e. The first kappa shape index (κ1) is 16.5. The summed E-state index contributed by atoms with van der Waals surface area (Å²) in [6.07, 6.45) is 3.96. The number of carbonyl (C=O) groups excluding carboxylic acids is 1. The van der Waals surface area contributed by atoms with Crippen LogP contribution >= 0.6 is 0 Å². The Bertz CT molecular complexity index is 736. The highest BCUT2D eigenvalue weighted by Gasteiger charge is 2.11. The summed E-state index contributed by atoms with van der Waals surface area (Å²) in [6, 6.07) is 10.0. The Hall–Kier alpha value is -2.40. The molecule has 5 heteroatoms. The SMILES string of the molecule is O=C(CCc1ccc(-c2ccccc2F)o1)NCC1=CCNCC1. The van der Waals surface area contributed by atoms with Gasteiger partial charge in [-0.1, -0.05) is 23.8 Å². The summed E-state index contributed by atoms with van der Waals surface area (Å²) >= 11 is 0. The standard InChI is InChI=1S/C19H21FN2O2/c20-17-4-2-1-3-16(17)18-7-5-15(24-18)6-8-19(23)22-13-14-9-11-21-12-10-14/h1-5,7,9,21H,6,8,10-13H2,(H,22,23). The molecule has 0 unspecified atom stereocenters. The van der Waals surface area contributed by atoms with Crippen molar-refractivity contribution in [1.29, 1.82) is 0 Å². The molecule has 0 bridgehead atoms.